The van der Waals surface area contributed by atoms with E-state index in [-0.39, 0.29) is 19.8 Å². The number of benzene rings is 1. The Morgan fingerprint density at radius 1 is 1.40 bits per heavy atom. The van der Waals surface area contributed by atoms with Gasteiger partial charge in [-0.25, -0.2) is 4.57 Å². The lowest BCUT2D eigenvalue weighted by Gasteiger charge is -2.39. The van der Waals surface area contributed by atoms with Gasteiger partial charge in [0.05, 0.1) is 6.61 Å². The van der Waals surface area contributed by atoms with Gasteiger partial charge < -0.3 is 0 Å². The Labute approximate surface area is 134 Å². The van der Waals surface area contributed by atoms with E-state index in [2.05, 4.69) is 11.2 Å². The van der Waals surface area contributed by atoms with Crippen LogP contribution in [-0.2, 0) is 18.2 Å². The van der Waals surface area contributed by atoms with Gasteiger partial charge in [0.15, 0.2) is 0 Å². The van der Waals surface area contributed by atoms with Crippen molar-refractivity contribution in [3.8, 4) is 0 Å². The van der Waals surface area contributed by atoms with Gasteiger partial charge in [0, 0.05) is 27.2 Å². The van der Waals surface area contributed by atoms with Crippen molar-refractivity contribution >= 4 is 48.8 Å². The minimum atomic E-state index is -3.49. The van der Waals surface area contributed by atoms with Crippen molar-refractivity contribution in [2.24, 2.45) is 5.41 Å². The van der Waals surface area contributed by atoms with Crippen molar-refractivity contribution in [1.29, 1.82) is 0 Å². The summed E-state index contributed by atoms with van der Waals surface area (Å²) in [5.41, 5.74) is 0.441. The second-order valence-corrected chi connectivity index (χ2v) is 8.30. The molecule has 1 aliphatic heterocycles. The molecule has 20 heavy (non-hydrogen) atoms. The predicted octanol–water partition coefficient (Wildman–Crippen LogP) is 6.23. The van der Waals surface area contributed by atoms with Crippen molar-refractivity contribution in [3.05, 3.63) is 34.9 Å². The molecule has 1 fully saturated rings. The Balaban J connectivity index is 0.000000612. The zero-order valence-electron chi connectivity index (χ0n) is 10.8. The first-order valence-electron chi connectivity index (χ1n) is 5.54. The number of hydrogen-bond acceptors (Lipinski definition) is 4. The van der Waals surface area contributed by atoms with E-state index in [0.29, 0.717) is 5.02 Å². The topological polar surface area (TPSA) is 52.6 Å². The molecule has 9 heteroatoms. The molecular formula is C11H13Cl3O4P2. The van der Waals surface area contributed by atoms with Crippen LogP contribution < -0.4 is 0 Å². The quantitative estimate of drug-likeness (QED) is 0.544. The van der Waals surface area contributed by atoms with Gasteiger partial charge >= 0.3 is 6.95 Å². The second kappa shape index (κ2) is 7.56. The molecule has 112 valence electrons. The van der Waals surface area contributed by atoms with Crippen LogP contribution >= 0.6 is 48.8 Å². The summed E-state index contributed by atoms with van der Waals surface area (Å²) < 4.78 is 30.8. The Morgan fingerprint density at radius 2 is 1.95 bits per heavy atom. The van der Waals surface area contributed by atoms with Gasteiger partial charge in [0.2, 0.25) is 0 Å². The van der Waals surface area contributed by atoms with Crippen molar-refractivity contribution in [1.82, 2.24) is 0 Å². The fraction of sp³-hybridized carbons (Fsp3) is 0.455. The molecule has 0 aliphatic carbocycles. The largest absolute Gasteiger partial charge is 0.424 e. The summed E-state index contributed by atoms with van der Waals surface area (Å²) in [6.07, 6.45) is -0.437. The van der Waals surface area contributed by atoms with Crippen LogP contribution in [0.25, 0.3) is 0 Å². The molecule has 1 aromatic carbocycles. The van der Waals surface area contributed by atoms with Gasteiger partial charge in [-0.1, -0.05) is 43.6 Å². The third-order valence-corrected chi connectivity index (χ3v) is 4.50. The first kappa shape index (κ1) is 18.4. The standard InChI is InChI=1S/C11H13Cl2O3P.ClOP/c1-11(2)7-15-17(13,14)16-10(11)8-5-3-4-6-9(8)12;1-3-2/h3-6,10H,7H2,1-2H3;. The predicted molar refractivity (Wildman–Crippen MR) is 81.9 cm³/mol. The highest BCUT2D eigenvalue weighted by atomic mass is 35.7. The third kappa shape index (κ3) is 4.96. The highest BCUT2D eigenvalue weighted by Crippen LogP contribution is 2.64. The molecular weight excluding hydrogens is 364 g/mol. The van der Waals surface area contributed by atoms with Crippen LogP contribution in [0.2, 0.25) is 5.02 Å². The zero-order chi connectivity index (χ0) is 15.4. The Hall–Kier alpha value is 0.340. The zero-order valence-corrected chi connectivity index (χ0v) is 14.8. The maximum atomic E-state index is 11.7. The first-order valence-corrected chi connectivity index (χ1v) is 10.1. The Morgan fingerprint density at radius 3 is 2.50 bits per heavy atom. The number of rotatable bonds is 1. The highest BCUT2D eigenvalue weighted by molar-refractivity contribution is 7.81. The molecule has 4 nitrogen and oxygen atoms in total. The average molecular weight is 378 g/mol. The minimum absolute atomic E-state index is 0.268. The lowest BCUT2D eigenvalue weighted by atomic mass is 9.83. The molecule has 0 N–H and O–H groups in total. The summed E-state index contributed by atoms with van der Waals surface area (Å²) in [6.45, 7) is 0.684. The van der Waals surface area contributed by atoms with E-state index < -0.39 is 13.1 Å². The normalized spacial score (nSPS) is 28.6. The molecule has 2 unspecified atom stereocenters. The smallest absolute Gasteiger partial charge is 0.296 e. The maximum Gasteiger partial charge on any atom is 0.424 e. The van der Waals surface area contributed by atoms with E-state index in [1.165, 1.54) is 0 Å². The summed E-state index contributed by atoms with van der Waals surface area (Å²) in [5.74, 6) is 0. The minimum Gasteiger partial charge on any atom is -0.296 e. The lowest BCUT2D eigenvalue weighted by Crippen LogP contribution is -2.32. The van der Waals surface area contributed by atoms with Gasteiger partial charge in [-0.15, -0.1) is 0 Å². The van der Waals surface area contributed by atoms with E-state index in [1.807, 2.05) is 32.0 Å². The first-order chi connectivity index (χ1) is 9.23. The molecule has 0 radical (unpaired) electrons. The van der Waals surface area contributed by atoms with Crippen LogP contribution in [0.1, 0.15) is 25.5 Å². The van der Waals surface area contributed by atoms with Crippen LogP contribution in [-0.4, -0.2) is 6.61 Å². The van der Waals surface area contributed by atoms with Crippen molar-refractivity contribution in [3.63, 3.8) is 0 Å². The number of hydrogen-bond donors (Lipinski definition) is 0. The summed E-state index contributed by atoms with van der Waals surface area (Å²) in [7, 11) is -0.361. The fourth-order valence-electron chi connectivity index (χ4n) is 1.78. The molecule has 1 aromatic rings. The van der Waals surface area contributed by atoms with Gasteiger partial charge in [-0.2, -0.15) is 0 Å². The van der Waals surface area contributed by atoms with Crippen LogP contribution in [0.15, 0.2) is 24.3 Å². The van der Waals surface area contributed by atoms with Gasteiger partial charge in [0.1, 0.15) is 6.10 Å². The van der Waals surface area contributed by atoms with Crippen molar-refractivity contribution in [2.75, 3.05) is 6.61 Å². The molecule has 1 heterocycles. The number of halogens is 3. The van der Waals surface area contributed by atoms with Crippen LogP contribution in [0, 0.1) is 5.41 Å². The van der Waals surface area contributed by atoms with E-state index in [4.69, 9.17) is 36.5 Å². The molecule has 1 aliphatic rings. The molecule has 2 rings (SSSR count). The van der Waals surface area contributed by atoms with Crippen LogP contribution in [0.3, 0.4) is 0 Å². The van der Waals surface area contributed by atoms with Gasteiger partial charge in [-0.3, -0.25) is 13.6 Å². The van der Waals surface area contributed by atoms with Gasteiger partial charge in [0.25, 0.3) is 7.81 Å². The van der Waals surface area contributed by atoms with E-state index in [0.717, 1.165) is 5.56 Å². The van der Waals surface area contributed by atoms with E-state index >= 15 is 0 Å². The van der Waals surface area contributed by atoms with Crippen molar-refractivity contribution < 1.29 is 18.2 Å². The molecule has 2 atom stereocenters. The summed E-state index contributed by atoms with van der Waals surface area (Å²) in [5, 5.41) is 0.573. The maximum absolute atomic E-state index is 11.7. The summed E-state index contributed by atoms with van der Waals surface area (Å²) >= 11 is 16.2. The Kier molecular flexibility index (Phi) is 6.95. The SMILES string of the molecule is CC1(C)COP(=O)(Cl)OC1c1ccccc1Cl.O=PCl. The van der Waals surface area contributed by atoms with E-state index in [1.54, 1.807) is 6.07 Å². The monoisotopic (exact) mass is 376 g/mol. The molecule has 0 bridgehead atoms. The van der Waals surface area contributed by atoms with Crippen LogP contribution in [0.4, 0.5) is 0 Å². The molecule has 0 saturated carbocycles. The lowest BCUT2D eigenvalue weighted by molar-refractivity contribution is -0.0202. The molecule has 0 aromatic heterocycles. The second-order valence-electron chi connectivity index (χ2n) is 4.77. The van der Waals surface area contributed by atoms with Crippen molar-refractivity contribution in [2.45, 2.75) is 20.0 Å². The summed E-state index contributed by atoms with van der Waals surface area (Å²) in [6, 6.07) is 7.30. The molecule has 0 amide bonds. The van der Waals surface area contributed by atoms with Crippen LogP contribution in [0.5, 0.6) is 0 Å². The van der Waals surface area contributed by atoms with E-state index in [9.17, 15) is 4.57 Å². The average Bonchev–Trinajstić information content (AvgIpc) is 2.35. The molecule has 1 saturated heterocycles. The Bertz CT molecular complexity index is 524. The highest BCUT2D eigenvalue weighted by Gasteiger charge is 2.44. The fourth-order valence-corrected chi connectivity index (χ4v) is 3.60. The molecule has 0 spiro atoms. The summed E-state index contributed by atoms with van der Waals surface area (Å²) in [4.78, 5) is 0. The third-order valence-electron chi connectivity index (χ3n) is 2.72. The van der Waals surface area contributed by atoms with Gasteiger partial charge in [-0.05, 0) is 17.3 Å².